The topological polar surface area (TPSA) is 103 Å². The quantitative estimate of drug-likeness (QED) is 0.714. The standard InChI is InChI=1S/C7H11N3O4S/c1-2-10(5-7(11)12)15(13,14)6-3-4-8-9-6/h3-4H,2,5H2,1H3,(H,8,9)(H,11,12). The Kier molecular flexibility index (Phi) is 3.43. The van der Waals surface area contributed by atoms with Crippen LogP contribution in [-0.2, 0) is 14.8 Å². The van der Waals surface area contributed by atoms with Crippen molar-refractivity contribution in [1.29, 1.82) is 0 Å². The molecule has 0 fully saturated rings. The summed E-state index contributed by atoms with van der Waals surface area (Å²) in [6.07, 6.45) is 1.29. The molecule has 0 saturated heterocycles. The molecule has 0 aromatic carbocycles. The zero-order valence-electron chi connectivity index (χ0n) is 8.04. The molecule has 0 atom stereocenters. The maximum absolute atomic E-state index is 11.8. The van der Waals surface area contributed by atoms with Crippen LogP contribution in [0.25, 0.3) is 0 Å². The van der Waals surface area contributed by atoms with Crippen molar-refractivity contribution < 1.29 is 18.3 Å². The summed E-state index contributed by atoms with van der Waals surface area (Å²) in [4.78, 5) is 10.5. The number of aliphatic carboxylic acids is 1. The van der Waals surface area contributed by atoms with E-state index in [1.165, 1.54) is 12.3 Å². The second-order valence-electron chi connectivity index (χ2n) is 2.75. The summed E-state index contributed by atoms with van der Waals surface area (Å²) in [5.41, 5.74) is 0. The molecule has 0 spiro atoms. The van der Waals surface area contributed by atoms with Gasteiger partial charge in [0.25, 0.3) is 10.0 Å². The molecule has 0 aliphatic rings. The second kappa shape index (κ2) is 4.41. The van der Waals surface area contributed by atoms with Crippen LogP contribution in [0.3, 0.4) is 0 Å². The lowest BCUT2D eigenvalue weighted by atomic mass is 10.6. The lowest BCUT2D eigenvalue weighted by Gasteiger charge is -2.16. The van der Waals surface area contributed by atoms with Crippen LogP contribution in [0.1, 0.15) is 6.92 Å². The average molecular weight is 233 g/mol. The summed E-state index contributed by atoms with van der Waals surface area (Å²) in [5.74, 6) is -1.19. The number of aromatic amines is 1. The molecule has 0 radical (unpaired) electrons. The zero-order valence-corrected chi connectivity index (χ0v) is 8.86. The number of carboxylic acids is 1. The van der Waals surface area contributed by atoms with Crippen molar-refractivity contribution in [3.05, 3.63) is 12.3 Å². The van der Waals surface area contributed by atoms with E-state index in [2.05, 4.69) is 10.2 Å². The number of hydrogen-bond acceptors (Lipinski definition) is 4. The highest BCUT2D eigenvalue weighted by Gasteiger charge is 2.25. The zero-order chi connectivity index (χ0) is 11.5. The molecule has 1 rings (SSSR count). The van der Waals surface area contributed by atoms with Crippen LogP contribution >= 0.6 is 0 Å². The van der Waals surface area contributed by atoms with Crippen molar-refractivity contribution >= 4 is 16.0 Å². The van der Waals surface area contributed by atoms with E-state index in [9.17, 15) is 13.2 Å². The van der Waals surface area contributed by atoms with Gasteiger partial charge < -0.3 is 5.11 Å². The van der Waals surface area contributed by atoms with E-state index in [-0.39, 0.29) is 11.6 Å². The van der Waals surface area contributed by atoms with Crippen molar-refractivity contribution in [3.8, 4) is 0 Å². The molecule has 0 unspecified atom stereocenters. The number of carbonyl (C=O) groups is 1. The van der Waals surface area contributed by atoms with Gasteiger partial charge in [0, 0.05) is 6.54 Å². The molecule has 1 aromatic heterocycles. The number of sulfonamides is 1. The van der Waals surface area contributed by atoms with E-state index in [0.717, 1.165) is 4.31 Å². The Morgan fingerprint density at radius 2 is 2.33 bits per heavy atom. The van der Waals surface area contributed by atoms with E-state index in [4.69, 9.17) is 5.11 Å². The molecule has 2 N–H and O–H groups in total. The van der Waals surface area contributed by atoms with Gasteiger partial charge in [-0.15, -0.1) is 0 Å². The lowest BCUT2D eigenvalue weighted by Crippen LogP contribution is -2.35. The van der Waals surface area contributed by atoms with E-state index < -0.39 is 22.5 Å². The Hall–Kier alpha value is -1.41. The maximum atomic E-state index is 11.8. The predicted octanol–water partition coefficient (Wildman–Crippen LogP) is -0.495. The van der Waals surface area contributed by atoms with Crippen LogP contribution < -0.4 is 0 Å². The van der Waals surface area contributed by atoms with Gasteiger partial charge in [0.15, 0.2) is 5.03 Å². The first kappa shape index (κ1) is 11.7. The fourth-order valence-corrected chi connectivity index (χ4v) is 2.34. The fraction of sp³-hybridized carbons (Fsp3) is 0.429. The van der Waals surface area contributed by atoms with Crippen molar-refractivity contribution in [2.24, 2.45) is 0 Å². The van der Waals surface area contributed by atoms with Gasteiger partial charge in [-0.25, -0.2) is 8.42 Å². The smallest absolute Gasteiger partial charge is 0.318 e. The first-order chi connectivity index (χ1) is 6.98. The largest absolute Gasteiger partial charge is 0.480 e. The number of rotatable bonds is 5. The van der Waals surface area contributed by atoms with E-state index in [1.807, 2.05) is 0 Å². The van der Waals surface area contributed by atoms with Crippen molar-refractivity contribution in [2.45, 2.75) is 11.9 Å². The average Bonchev–Trinajstić information content (AvgIpc) is 2.66. The summed E-state index contributed by atoms with van der Waals surface area (Å²) in [6, 6.07) is 1.28. The molecule has 0 bridgehead atoms. The van der Waals surface area contributed by atoms with E-state index in [1.54, 1.807) is 6.92 Å². The van der Waals surface area contributed by atoms with Gasteiger partial charge in [0.1, 0.15) is 6.54 Å². The molecule has 1 aromatic rings. The number of H-pyrrole nitrogens is 1. The normalized spacial score (nSPS) is 11.9. The first-order valence-corrected chi connectivity index (χ1v) is 5.63. The van der Waals surface area contributed by atoms with Crippen molar-refractivity contribution in [1.82, 2.24) is 14.5 Å². The van der Waals surface area contributed by atoms with E-state index in [0.29, 0.717) is 0 Å². The minimum absolute atomic E-state index is 0.0909. The monoisotopic (exact) mass is 233 g/mol. The van der Waals surface area contributed by atoms with Gasteiger partial charge in [-0.1, -0.05) is 6.92 Å². The summed E-state index contributed by atoms with van der Waals surface area (Å²) in [6.45, 7) is 1.10. The highest BCUT2D eigenvalue weighted by Crippen LogP contribution is 2.11. The molecule has 0 aliphatic carbocycles. The molecule has 84 valence electrons. The summed E-state index contributed by atoms with van der Waals surface area (Å²) in [5, 5.41) is 14.2. The van der Waals surface area contributed by atoms with Gasteiger partial charge in [-0.3, -0.25) is 9.89 Å². The lowest BCUT2D eigenvalue weighted by molar-refractivity contribution is -0.137. The van der Waals surface area contributed by atoms with Gasteiger partial charge in [-0.2, -0.15) is 9.40 Å². The molecule has 0 saturated carbocycles. The van der Waals surface area contributed by atoms with Gasteiger partial charge >= 0.3 is 5.97 Å². The van der Waals surface area contributed by atoms with Crippen LogP contribution in [0, 0.1) is 0 Å². The predicted molar refractivity (Wildman–Crippen MR) is 50.7 cm³/mol. The Morgan fingerprint density at radius 1 is 1.67 bits per heavy atom. The molecular weight excluding hydrogens is 222 g/mol. The summed E-state index contributed by atoms with van der Waals surface area (Å²) < 4.78 is 24.4. The number of nitrogens with zero attached hydrogens (tertiary/aromatic N) is 2. The number of aromatic nitrogens is 2. The molecule has 8 heteroatoms. The van der Waals surface area contributed by atoms with Gasteiger partial charge in [0.05, 0.1) is 6.20 Å². The number of nitrogens with one attached hydrogen (secondary N) is 1. The number of hydrogen-bond donors (Lipinski definition) is 2. The molecule has 15 heavy (non-hydrogen) atoms. The molecule has 1 heterocycles. The highest BCUT2D eigenvalue weighted by atomic mass is 32.2. The van der Waals surface area contributed by atoms with Crippen LogP contribution in [0.5, 0.6) is 0 Å². The maximum Gasteiger partial charge on any atom is 0.318 e. The Labute approximate surface area is 86.8 Å². The molecule has 0 aliphatic heterocycles. The SMILES string of the molecule is CCN(CC(=O)O)S(=O)(=O)c1ccn[nH]1. The first-order valence-electron chi connectivity index (χ1n) is 4.19. The number of likely N-dealkylation sites (N-methyl/N-ethyl adjacent to an activating group) is 1. The van der Waals surface area contributed by atoms with Crippen molar-refractivity contribution in [3.63, 3.8) is 0 Å². The van der Waals surface area contributed by atoms with E-state index >= 15 is 0 Å². The van der Waals surface area contributed by atoms with Crippen LogP contribution in [-0.4, -0.2) is 47.1 Å². The Balaban J connectivity index is 2.98. The minimum Gasteiger partial charge on any atom is -0.480 e. The third kappa shape index (κ3) is 2.54. The highest BCUT2D eigenvalue weighted by molar-refractivity contribution is 7.89. The summed E-state index contributed by atoms with van der Waals surface area (Å²) in [7, 11) is -3.77. The van der Waals surface area contributed by atoms with Gasteiger partial charge in [0.2, 0.25) is 0 Å². The third-order valence-corrected chi connectivity index (χ3v) is 3.61. The third-order valence-electron chi connectivity index (χ3n) is 1.76. The van der Waals surface area contributed by atoms with Crippen molar-refractivity contribution in [2.75, 3.05) is 13.1 Å². The van der Waals surface area contributed by atoms with Crippen LogP contribution in [0.4, 0.5) is 0 Å². The van der Waals surface area contributed by atoms with Gasteiger partial charge in [-0.05, 0) is 6.07 Å². The Morgan fingerprint density at radius 3 is 2.73 bits per heavy atom. The molecule has 7 nitrogen and oxygen atoms in total. The Bertz CT molecular complexity index is 425. The summed E-state index contributed by atoms with van der Waals surface area (Å²) >= 11 is 0. The number of carboxylic acid groups (broad SMARTS) is 1. The van der Waals surface area contributed by atoms with Crippen LogP contribution in [0.15, 0.2) is 17.3 Å². The fourth-order valence-electron chi connectivity index (χ4n) is 1.04. The molecular formula is C7H11N3O4S. The molecule has 0 amide bonds. The second-order valence-corrected chi connectivity index (χ2v) is 4.65. The minimum atomic E-state index is -3.77. The van der Waals surface area contributed by atoms with Crippen LogP contribution in [0.2, 0.25) is 0 Å².